The Bertz CT molecular complexity index is 1560. The summed E-state index contributed by atoms with van der Waals surface area (Å²) in [4.78, 5) is 50.4. The van der Waals surface area contributed by atoms with Crippen LogP contribution < -0.4 is 20.1 Å². The van der Waals surface area contributed by atoms with Crippen molar-refractivity contribution in [1.29, 1.82) is 0 Å². The van der Waals surface area contributed by atoms with Gasteiger partial charge < -0.3 is 20.1 Å². The summed E-state index contributed by atoms with van der Waals surface area (Å²) in [5, 5.41) is 5.75. The summed E-state index contributed by atoms with van der Waals surface area (Å²) in [5.74, 6) is 0.851. The van der Waals surface area contributed by atoms with Crippen molar-refractivity contribution >= 4 is 51.9 Å². The summed E-state index contributed by atoms with van der Waals surface area (Å²) in [7, 11) is 3.16. The molecule has 216 valence electrons. The Morgan fingerprint density at radius 3 is 2.48 bits per heavy atom. The van der Waals surface area contributed by atoms with Gasteiger partial charge in [-0.3, -0.25) is 19.3 Å². The van der Waals surface area contributed by atoms with Crippen LogP contribution in [0.5, 0.6) is 11.5 Å². The van der Waals surface area contributed by atoms with Crippen LogP contribution in [0.15, 0.2) is 82.8 Å². The molecular formula is C31H31N5O5S. The summed E-state index contributed by atoms with van der Waals surface area (Å²) in [6, 6.07) is 21.0. The monoisotopic (exact) mass is 585 g/mol. The fraction of sp³-hybridized carbons (Fsp3) is 0.258. The molecule has 11 heteroatoms. The number of carbonyl (C=O) groups is 3. The number of para-hydroxylation sites is 1. The van der Waals surface area contributed by atoms with Crippen molar-refractivity contribution in [3.8, 4) is 11.5 Å². The molecule has 2 aliphatic rings. The minimum atomic E-state index is -0.880. The number of ether oxygens (including phenoxy) is 2. The van der Waals surface area contributed by atoms with Gasteiger partial charge in [0.05, 0.1) is 31.6 Å². The average Bonchev–Trinajstić information content (AvgIpc) is 3.34. The van der Waals surface area contributed by atoms with Gasteiger partial charge in [-0.2, -0.15) is 4.99 Å². The number of aliphatic imine (C=N–C) groups is 2. The number of hydrogen-bond acceptors (Lipinski definition) is 8. The van der Waals surface area contributed by atoms with Gasteiger partial charge in [-0.25, -0.2) is 4.99 Å². The summed E-state index contributed by atoms with van der Waals surface area (Å²) in [6.45, 7) is 2.22. The zero-order valence-electron chi connectivity index (χ0n) is 23.5. The van der Waals surface area contributed by atoms with E-state index in [1.807, 2.05) is 55.5 Å². The first-order valence-corrected chi connectivity index (χ1v) is 14.4. The average molecular weight is 586 g/mol. The molecule has 2 unspecified atom stereocenters. The van der Waals surface area contributed by atoms with Gasteiger partial charge in [-0.15, -0.1) is 0 Å². The number of methoxy groups -OCH3 is 2. The molecule has 2 aliphatic heterocycles. The predicted molar refractivity (Wildman–Crippen MR) is 163 cm³/mol. The molecule has 42 heavy (non-hydrogen) atoms. The van der Waals surface area contributed by atoms with Crippen LogP contribution in [-0.2, 0) is 20.9 Å². The van der Waals surface area contributed by atoms with E-state index in [0.717, 1.165) is 11.3 Å². The lowest BCUT2D eigenvalue weighted by atomic mass is 10.1. The molecule has 2 heterocycles. The summed E-state index contributed by atoms with van der Waals surface area (Å²) >= 11 is 1.25. The number of amidine groups is 2. The third-order valence-corrected chi connectivity index (χ3v) is 8.21. The van der Waals surface area contributed by atoms with Gasteiger partial charge >= 0.3 is 0 Å². The molecule has 0 aliphatic carbocycles. The fourth-order valence-electron chi connectivity index (χ4n) is 4.65. The van der Waals surface area contributed by atoms with Gasteiger partial charge in [0.15, 0.2) is 5.17 Å². The second-order valence-electron chi connectivity index (χ2n) is 9.64. The number of amides is 3. The smallest absolute Gasteiger partial charge is 0.271 e. The maximum Gasteiger partial charge on any atom is 0.271 e. The fourth-order valence-corrected chi connectivity index (χ4v) is 5.71. The van der Waals surface area contributed by atoms with Crippen LogP contribution in [0.25, 0.3) is 0 Å². The van der Waals surface area contributed by atoms with Crippen LogP contribution in [0.2, 0.25) is 0 Å². The molecule has 10 nitrogen and oxygen atoms in total. The Hall–Kier alpha value is -4.64. The molecule has 2 atom stereocenters. The van der Waals surface area contributed by atoms with Crippen molar-refractivity contribution in [3.63, 3.8) is 0 Å². The van der Waals surface area contributed by atoms with E-state index >= 15 is 0 Å². The Labute approximate surface area is 248 Å². The van der Waals surface area contributed by atoms with Crippen molar-refractivity contribution in [2.24, 2.45) is 9.98 Å². The Morgan fingerprint density at radius 2 is 1.74 bits per heavy atom. The molecule has 0 saturated heterocycles. The zero-order chi connectivity index (χ0) is 29.6. The number of benzene rings is 3. The first-order valence-electron chi connectivity index (χ1n) is 13.5. The van der Waals surface area contributed by atoms with E-state index in [2.05, 4.69) is 15.6 Å². The minimum absolute atomic E-state index is 0.115. The van der Waals surface area contributed by atoms with E-state index < -0.39 is 17.2 Å². The van der Waals surface area contributed by atoms with E-state index in [1.165, 1.54) is 11.8 Å². The van der Waals surface area contributed by atoms with E-state index in [9.17, 15) is 14.4 Å². The van der Waals surface area contributed by atoms with E-state index in [1.54, 1.807) is 43.4 Å². The largest absolute Gasteiger partial charge is 0.497 e. The minimum Gasteiger partial charge on any atom is -0.497 e. The van der Waals surface area contributed by atoms with Crippen molar-refractivity contribution in [2.75, 3.05) is 19.5 Å². The number of rotatable bonds is 10. The molecule has 3 aromatic carbocycles. The van der Waals surface area contributed by atoms with E-state index in [-0.39, 0.29) is 18.2 Å². The van der Waals surface area contributed by atoms with Crippen molar-refractivity contribution < 1.29 is 23.9 Å². The molecule has 5 rings (SSSR count). The molecular weight excluding hydrogens is 554 g/mol. The third-order valence-electron chi connectivity index (χ3n) is 6.88. The highest BCUT2D eigenvalue weighted by atomic mass is 32.2. The molecule has 3 amide bonds. The maximum atomic E-state index is 13.3. The highest BCUT2D eigenvalue weighted by Gasteiger charge is 2.43. The molecule has 0 fully saturated rings. The third kappa shape index (κ3) is 6.31. The lowest BCUT2D eigenvalue weighted by Crippen LogP contribution is -2.46. The van der Waals surface area contributed by atoms with E-state index in [0.29, 0.717) is 46.7 Å². The molecule has 2 N–H and O–H groups in total. The number of nitrogens with one attached hydrogen (secondary N) is 2. The maximum absolute atomic E-state index is 13.3. The molecule has 0 aromatic heterocycles. The number of fused-ring (bicyclic) bond motifs is 3. The molecule has 0 spiro atoms. The Kier molecular flexibility index (Phi) is 8.87. The molecule has 0 radical (unpaired) electrons. The van der Waals surface area contributed by atoms with Gasteiger partial charge in [-0.05, 0) is 48.4 Å². The normalized spacial score (nSPS) is 16.0. The van der Waals surface area contributed by atoms with Crippen molar-refractivity contribution in [3.05, 3.63) is 83.9 Å². The second-order valence-corrected chi connectivity index (χ2v) is 10.8. The summed E-state index contributed by atoms with van der Waals surface area (Å²) in [6.07, 6.45) is 0.388. The van der Waals surface area contributed by atoms with E-state index in [4.69, 9.17) is 14.5 Å². The number of thioether (sulfide) groups is 1. The number of nitrogens with zero attached hydrogens (tertiary/aromatic N) is 3. The second kappa shape index (κ2) is 12.9. The number of carbonyl (C=O) groups excluding carboxylic acids is 3. The Morgan fingerprint density at radius 1 is 0.976 bits per heavy atom. The number of hydrogen-bond donors (Lipinski definition) is 2. The van der Waals surface area contributed by atoms with Crippen LogP contribution in [0.4, 0.5) is 11.4 Å². The predicted octanol–water partition coefficient (Wildman–Crippen LogP) is 4.52. The molecule has 0 bridgehead atoms. The van der Waals surface area contributed by atoms with Crippen LogP contribution in [0.3, 0.4) is 0 Å². The molecule has 3 aromatic rings. The van der Waals surface area contributed by atoms with Gasteiger partial charge in [0.2, 0.25) is 11.8 Å². The van der Waals surface area contributed by atoms with Crippen LogP contribution >= 0.6 is 11.8 Å². The van der Waals surface area contributed by atoms with Gasteiger partial charge in [0.1, 0.15) is 23.4 Å². The van der Waals surface area contributed by atoms with Crippen molar-refractivity contribution in [2.45, 2.75) is 37.6 Å². The van der Waals surface area contributed by atoms with Gasteiger partial charge in [0, 0.05) is 23.9 Å². The summed E-state index contributed by atoms with van der Waals surface area (Å²) in [5.41, 5.74) is 2.86. The van der Waals surface area contributed by atoms with Crippen LogP contribution in [-0.4, -0.2) is 59.1 Å². The van der Waals surface area contributed by atoms with Gasteiger partial charge in [0.25, 0.3) is 5.91 Å². The van der Waals surface area contributed by atoms with Crippen LogP contribution in [0.1, 0.15) is 30.9 Å². The Balaban J connectivity index is 1.34. The molecule has 0 saturated carbocycles. The first-order chi connectivity index (χ1) is 20.4. The SMILES string of the molecule is CCC(SC1=Nc2ccccc2C2=NC(=O)C(CC(=O)NCc3ccc(OC)cc3)N12)C(=O)Nc1cccc(OC)c1. The van der Waals surface area contributed by atoms with Crippen LogP contribution in [0, 0.1) is 0 Å². The lowest BCUT2D eigenvalue weighted by molar-refractivity contribution is -0.126. The zero-order valence-corrected chi connectivity index (χ0v) is 24.3. The van der Waals surface area contributed by atoms with Crippen molar-refractivity contribution in [1.82, 2.24) is 10.2 Å². The first kappa shape index (κ1) is 28.9. The number of anilines is 1. The summed E-state index contributed by atoms with van der Waals surface area (Å²) < 4.78 is 10.4. The highest BCUT2D eigenvalue weighted by molar-refractivity contribution is 8.15. The lowest BCUT2D eigenvalue weighted by Gasteiger charge is -2.32. The topological polar surface area (TPSA) is 122 Å². The van der Waals surface area contributed by atoms with Gasteiger partial charge in [-0.1, -0.05) is 49.0 Å². The quantitative estimate of drug-likeness (QED) is 0.359. The highest BCUT2D eigenvalue weighted by Crippen LogP contribution is 2.36. The standard InChI is InChI=1S/C31H31N5O5S/c1-4-26(30(39)33-20-8-7-9-22(16-20)41-3)42-31-34-24-11-6-5-10-23(24)28-35-29(38)25(36(28)31)17-27(37)32-18-19-12-14-21(40-2)15-13-19/h5-16,25-26H,4,17-18H2,1-3H3,(H,32,37)(H,33,39).